The third-order valence-electron chi connectivity index (χ3n) is 12.7. The van der Waals surface area contributed by atoms with Crippen LogP contribution in [0.25, 0.3) is 10.8 Å². The van der Waals surface area contributed by atoms with E-state index in [1.54, 1.807) is 0 Å². The van der Waals surface area contributed by atoms with E-state index in [1.165, 1.54) is 22.8 Å². The topological polar surface area (TPSA) is 99.2 Å². The van der Waals surface area contributed by atoms with Gasteiger partial charge in [0.05, 0.1) is 11.6 Å². The number of aliphatic hydroxyl groups is 3. The minimum atomic E-state index is -1.06. The Balaban J connectivity index is 1.14. The molecule has 204 valence electrons. The van der Waals surface area contributed by atoms with Gasteiger partial charge in [-0.15, -0.1) is 0 Å². The van der Waals surface area contributed by atoms with E-state index in [4.69, 9.17) is 10.5 Å². The van der Waals surface area contributed by atoms with Crippen LogP contribution in [0, 0.1) is 17.3 Å². The van der Waals surface area contributed by atoms with Gasteiger partial charge in [-0.1, -0.05) is 61.5 Å². The summed E-state index contributed by atoms with van der Waals surface area (Å²) in [4.78, 5) is 2.03. The Hall–Kier alpha value is -2.06. The Morgan fingerprint density at radius 2 is 1.77 bits per heavy atom. The summed E-state index contributed by atoms with van der Waals surface area (Å²) < 4.78 is 7.27. The summed E-state index contributed by atoms with van der Waals surface area (Å²) in [5.41, 5.74) is 8.15. The van der Waals surface area contributed by atoms with Crippen molar-refractivity contribution in [1.82, 2.24) is 4.90 Å². The van der Waals surface area contributed by atoms with Crippen LogP contribution in [0.5, 0.6) is 0 Å². The molecule has 0 amide bonds. The number of nitrogens with two attached hydrogens (primary N) is 1. The number of fused-ring (bicyclic) bond motifs is 4. The second kappa shape index (κ2) is 7.22. The Morgan fingerprint density at radius 1 is 1.00 bits per heavy atom. The number of likely N-dealkylation sites (tertiary alicyclic amines) is 1. The van der Waals surface area contributed by atoms with E-state index < -0.39 is 35.6 Å². The summed E-state index contributed by atoms with van der Waals surface area (Å²) in [6.07, 6.45) is 6.30. The van der Waals surface area contributed by atoms with E-state index in [1.807, 2.05) is 4.90 Å². The van der Waals surface area contributed by atoms with Crippen molar-refractivity contribution in [2.45, 2.75) is 86.0 Å². The first-order valence-electron chi connectivity index (χ1n) is 14.9. The molecule has 10 atom stereocenters. The Bertz CT molecular complexity index is 1480. The van der Waals surface area contributed by atoms with Crippen LogP contribution in [-0.4, -0.2) is 74.9 Å². The van der Waals surface area contributed by atoms with Gasteiger partial charge in [-0.25, -0.2) is 0 Å². The van der Waals surface area contributed by atoms with Crippen molar-refractivity contribution < 1.29 is 20.1 Å². The van der Waals surface area contributed by atoms with Gasteiger partial charge >= 0.3 is 0 Å². The van der Waals surface area contributed by atoms with E-state index in [9.17, 15) is 15.3 Å². The number of benzene rings is 2. The number of nitrogens with zero attached hydrogens (tertiary/aromatic N) is 1. The van der Waals surface area contributed by atoms with Crippen molar-refractivity contribution >= 4 is 10.8 Å². The molecule has 2 spiro atoms. The normalized spacial score (nSPS) is 49.9. The Labute approximate surface area is 229 Å². The quantitative estimate of drug-likeness (QED) is 0.481. The van der Waals surface area contributed by atoms with Gasteiger partial charge in [0.2, 0.25) is 0 Å². The third kappa shape index (κ3) is 2.57. The van der Waals surface area contributed by atoms with Gasteiger partial charge < -0.3 is 25.8 Å². The van der Waals surface area contributed by atoms with E-state index in [-0.39, 0.29) is 16.9 Å². The van der Waals surface area contributed by atoms with Crippen LogP contribution in [0.3, 0.4) is 0 Å². The first kappa shape index (κ1) is 23.6. The fraction of sp³-hybridized carbons (Fsp3) is 0.576. The van der Waals surface area contributed by atoms with Crippen molar-refractivity contribution in [3.05, 3.63) is 71.3 Å². The van der Waals surface area contributed by atoms with E-state index in [0.717, 1.165) is 24.8 Å². The smallest absolute Gasteiger partial charge is 0.121 e. The van der Waals surface area contributed by atoms with Crippen LogP contribution in [0.1, 0.15) is 44.6 Å². The first-order chi connectivity index (χ1) is 18.7. The number of ether oxygens (including phenoxy) is 1. The predicted molar refractivity (Wildman–Crippen MR) is 148 cm³/mol. The molecule has 2 aromatic carbocycles. The standard InChI is InChI=1S/C33H38N2O4/c1-30-9-8-21-13-24-27(36)28(37)26(35-16-23(34)17-35)29(38)33(24)11-10-32(21,39-33)25(30)14-22-15-31(22,30)20-7-6-18-4-2-3-5-19(18)12-20/h2-8,12-13,22-23,25-29,36-38H,9-11,14-17,34H2,1H3/t22-,25+,26+,27?,28?,29?,30-,31-,32?,33-/m0/s1. The monoisotopic (exact) mass is 526 g/mol. The van der Waals surface area contributed by atoms with Crippen molar-refractivity contribution in [2.75, 3.05) is 13.1 Å². The lowest BCUT2D eigenvalue weighted by atomic mass is 9.55. The van der Waals surface area contributed by atoms with Gasteiger partial charge in [0.15, 0.2) is 0 Å². The lowest BCUT2D eigenvalue weighted by molar-refractivity contribution is -0.223. The maximum atomic E-state index is 11.9. The molecule has 9 rings (SSSR count). The second-order valence-corrected chi connectivity index (χ2v) is 14.1. The molecular formula is C33H38N2O4. The molecule has 39 heavy (non-hydrogen) atoms. The number of aliphatic hydroxyl groups excluding tert-OH is 3. The summed E-state index contributed by atoms with van der Waals surface area (Å²) in [5, 5.41) is 37.0. The van der Waals surface area contributed by atoms with Crippen LogP contribution in [-0.2, 0) is 10.2 Å². The van der Waals surface area contributed by atoms with Crippen LogP contribution in [0.15, 0.2) is 65.8 Å². The highest BCUT2D eigenvalue weighted by Crippen LogP contribution is 2.80. The SMILES string of the molecule is C[C@]12CC=C3C=C4C(O)C(O)[C@@H](N5CC(N)C5)C(O)[C@]45CCC3(O5)[C@@H]1C[C@H]1C[C@]12c1ccc2ccccc2c1. The first-order valence-corrected chi connectivity index (χ1v) is 14.9. The van der Waals surface area contributed by atoms with Gasteiger partial charge in [-0.05, 0) is 76.8 Å². The number of hydrogen-bond acceptors (Lipinski definition) is 6. The molecule has 5 fully saturated rings. The minimum absolute atomic E-state index is 0.0447. The number of hydrogen-bond donors (Lipinski definition) is 4. The third-order valence-corrected chi connectivity index (χ3v) is 12.7. The van der Waals surface area contributed by atoms with Crippen molar-refractivity contribution in [3.63, 3.8) is 0 Å². The summed E-state index contributed by atoms with van der Waals surface area (Å²) in [6, 6.07) is 15.2. The van der Waals surface area contributed by atoms with Gasteiger partial charge in [0.25, 0.3) is 0 Å². The molecule has 2 bridgehead atoms. The molecule has 4 unspecified atom stereocenters. The second-order valence-electron chi connectivity index (χ2n) is 14.1. The maximum Gasteiger partial charge on any atom is 0.121 e. The highest BCUT2D eigenvalue weighted by atomic mass is 16.5. The molecule has 0 aromatic heterocycles. The summed E-state index contributed by atoms with van der Waals surface area (Å²) in [5.74, 6) is 0.986. The van der Waals surface area contributed by atoms with Gasteiger partial charge in [0.1, 0.15) is 23.9 Å². The molecule has 3 saturated carbocycles. The fourth-order valence-electron chi connectivity index (χ4n) is 10.7. The lowest BCUT2D eigenvalue weighted by Gasteiger charge is -2.59. The van der Waals surface area contributed by atoms with Crippen molar-refractivity contribution in [3.8, 4) is 0 Å². The van der Waals surface area contributed by atoms with Crippen LogP contribution in [0.4, 0.5) is 0 Å². The number of allylic oxidation sites excluding steroid dienone is 1. The zero-order valence-electron chi connectivity index (χ0n) is 22.5. The average Bonchev–Trinajstić information content (AvgIpc) is 3.49. The lowest BCUT2D eigenvalue weighted by Crippen LogP contribution is -2.74. The molecule has 7 aliphatic rings. The molecule has 5 N–H and O–H groups in total. The zero-order chi connectivity index (χ0) is 26.5. The van der Waals surface area contributed by atoms with E-state index in [2.05, 4.69) is 61.5 Å². The maximum absolute atomic E-state index is 11.9. The predicted octanol–water partition coefficient (Wildman–Crippen LogP) is 2.79. The minimum Gasteiger partial charge on any atom is -0.388 e. The molecule has 2 saturated heterocycles. The van der Waals surface area contributed by atoms with Gasteiger partial charge in [-0.2, -0.15) is 0 Å². The largest absolute Gasteiger partial charge is 0.388 e. The van der Waals surface area contributed by atoms with Crippen LogP contribution < -0.4 is 5.73 Å². The molecule has 3 heterocycles. The molecule has 6 nitrogen and oxygen atoms in total. The molecule has 3 aliphatic heterocycles. The fourth-order valence-corrected chi connectivity index (χ4v) is 10.7. The summed E-state index contributed by atoms with van der Waals surface area (Å²) in [7, 11) is 0. The average molecular weight is 527 g/mol. The Kier molecular flexibility index (Phi) is 4.38. The van der Waals surface area contributed by atoms with Crippen LogP contribution >= 0.6 is 0 Å². The van der Waals surface area contributed by atoms with E-state index in [0.29, 0.717) is 36.9 Å². The summed E-state index contributed by atoms with van der Waals surface area (Å²) in [6.45, 7) is 3.73. The van der Waals surface area contributed by atoms with Crippen molar-refractivity contribution in [2.24, 2.45) is 23.0 Å². The van der Waals surface area contributed by atoms with E-state index >= 15 is 0 Å². The molecule has 6 heteroatoms. The van der Waals surface area contributed by atoms with Crippen LogP contribution in [0.2, 0.25) is 0 Å². The summed E-state index contributed by atoms with van der Waals surface area (Å²) >= 11 is 0. The number of rotatable bonds is 2. The Morgan fingerprint density at radius 3 is 2.56 bits per heavy atom. The molecular weight excluding hydrogens is 488 g/mol. The highest BCUT2D eigenvalue weighted by molar-refractivity contribution is 5.83. The zero-order valence-corrected chi connectivity index (χ0v) is 22.5. The van der Waals surface area contributed by atoms with Gasteiger partial charge in [-0.3, -0.25) is 4.90 Å². The molecule has 2 aromatic rings. The molecule has 0 radical (unpaired) electrons. The molecule has 4 aliphatic carbocycles. The highest BCUT2D eigenvalue weighted by Gasteiger charge is 2.79. The van der Waals surface area contributed by atoms with Crippen molar-refractivity contribution in [1.29, 1.82) is 0 Å². The van der Waals surface area contributed by atoms with Gasteiger partial charge in [0, 0.05) is 24.5 Å².